The van der Waals surface area contributed by atoms with E-state index in [0.717, 1.165) is 36.4 Å². The Morgan fingerprint density at radius 3 is 2.89 bits per heavy atom. The second-order valence-corrected chi connectivity index (χ2v) is 5.50. The van der Waals surface area contributed by atoms with Crippen LogP contribution in [0.15, 0.2) is 24.3 Å². The molecule has 0 spiro atoms. The van der Waals surface area contributed by atoms with Crippen LogP contribution in [-0.2, 0) is 9.47 Å². The van der Waals surface area contributed by atoms with Crippen molar-refractivity contribution in [1.29, 1.82) is 0 Å². The van der Waals surface area contributed by atoms with E-state index >= 15 is 0 Å². The van der Waals surface area contributed by atoms with Crippen molar-refractivity contribution < 1.29 is 19.2 Å². The number of nitrogens with one attached hydrogen (secondary N) is 1. The van der Waals surface area contributed by atoms with Gasteiger partial charge in [-0.1, -0.05) is 6.07 Å². The summed E-state index contributed by atoms with van der Waals surface area (Å²) < 4.78 is 11.6. The second kappa shape index (κ2) is 7.06. The van der Waals surface area contributed by atoms with E-state index in [1.165, 1.54) is 4.90 Å². The number of rotatable bonds is 4. The molecule has 1 aliphatic rings. The number of benzene rings is 1. The van der Waals surface area contributed by atoms with Crippen LogP contribution in [0.3, 0.4) is 0 Å². The van der Waals surface area contributed by atoms with Crippen LogP contribution >= 0.6 is 22.6 Å². The van der Waals surface area contributed by atoms with Crippen molar-refractivity contribution in [3.05, 3.63) is 33.4 Å². The van der Waals surface area contributed by atoms with Gasteiger partial charge in [0.05, 0.1) is 18.8 Å². The lowest BCUT2D eigenvalue weighted by atomic mass is 10.2. The SMILES string of the molecule is O=C(OCC[NH+]1CCOCC1)c1cccc(I)c1. The van der Waals surface area contributed by atoms with Crippen molar-refractivity contribution in [2.24, 2.45) is 0 Å². The average Bonchev–Trinajstić information content (AvgIpc) is 2.40. The monoisotopic (exact) mass is 362 g/mol. The zero-order valence-corrected chi connectivity index (χ0v) is 12.3. The van der Waals surface area contributed by atoms with Crippen molar-refractivity contribution in [2.75, 3.05) is 39.5 Å². The molecule has 1 heterocycles. The lowest BCUT2D eigenvalue weighted by molar-refractivity contribution is -0.908. The third-order valence-corrected chi connectivity index (χ3v) is 3.62. The van der Waals surface area contributed by atoms with E-state index in [1.54, 1.807) is 6.07 Å². The molecule has 0 aromatic heterocycles. The lowest BCUT2D eigenvalue weighted by Gasteiger charge is -2.23. The number of hydrogen-bond donors (Lipinski definition) is 1. The first-order chi connectivity index (χ1) is 8.75. The third kappa shape index (κ3) is 4.22. The highest BCUT2D eigenvalue weighted by Crippen LogP contribution is 2.08. The Hall–Kier alpha value is -0.660. The number of morpholine rings is 1. The Labute approximate surface area is 120 Å². The summed E-state index contributed by atoms with van der Waals surface area (Å²) in [6, 6.07) is 7.44. The molecule has 98 valence electrons. The Balaban J connectivity index is 1.74. The van der Waals surface area contributed by atoms with E-state index in [4.69, 9.17) is 9.47 Å². The molecule has 1 aromatic carbocycles. The smallest absolute Gasteiger partial charge is 0.338 e. The van der Waals surface area contributed by atoms with Gasteiger partial charge in [-0.15, -0.1) is 0 Å². The maximum Gasteiger partial charge on any atom is 0.338 e. The van der Waals surface area contributed by atoms with Gasteiger partial charge in [-0.2, -0.15) is 0 Å². The van der Waals surface area contributed by atoms with Gasteiger partial charge >= 0.3 is 5.97 Å². The molecular formula is C13H17INO3+. The number of carbonyl (C=O) groups excluding carboxylic acids is 1. The van der Waals surface area contributed by atoms with Gasteiger partial charge < -0.3 is 14.4 Å². The maximum absolute atomic E-state index is 11.8. The van der Waals surface area contributed by atoms with Gasteiger partial charge in [0.2, 0.25) is 0 Å². The van der Waals surface area contributed by atoms with Crippen molar-refractivity contribution in [2.45, 2.75) is 0 Å². The maximum atomic E-state index is 11.8. The van der Waals surface area contributed by atoms with Gasteiger partial charge in [0, 0.05) is 3.57 Å². The van der Waals surface area contributed by atoms with E-state index in [9.17, 15) is 4.79 Å². The van der Waals surface area contributed by atoms with E-state index in [1.807, 2.05) is 18.2 Å². The highest BCUT2D eigenvalue weighted by atomic mass is 127. The summed E-state index contributed by atoms with van der Waals surface area (Å²) in [5.74, 6) is -0.235. The van der Waals surface area contributed by atoms with Gasteiger partial charge in [-0.3, -0.25) is 0 Å². The molecule has 0 unspecified atom stereocenters. The molecule has 0 saturated carbocycles. The molecule has 0 bridgehead atoms. The Kier molecular flexibility index (Phi) is 5.40. The average molecular weight is 362 g/mol. The fourth-order valence-electron chi connectivity index (χ4n) is 1.90. The summed E-state index contributed by atoms with van der Waals surface area (Å²) in [6.07, 6.45) is 0. The van der Waals surface area contributed by atoms with Gasteiger partial charge in [0.1, 0.15) is 26.2 Å². The number of esters is 1. The van der Waals surface area contributed by atoms with Crippen LogP contribution in [0.5, 0.6) is 0 Å². The summed E-state index contributed by atoms with van der Waals surface area (Å²) in [5, 5.41) is 0. The third-order valence-electron chi connectivity index (χ3n) is 2.95. The Bertz CT molecular complexity index is 405. The summed E-state index contributed by atoms with van der Waals surface area (Å²) in [6.45, 7) is 4.94. The largest absolute Gasteiger partial charge is 0.456 e. The fraction of sp³-hybridized carbons (Fsp3) is 0.462. The molecule has 4 nitrogen and oxygen atoms in total. The minimum Gasteiger partial charge on any atom is -0.456 e. The van der Waals surface area contributed by atoms with Gasteiger partial charge in [0.15, 0.2) is 0 Å². The highest BCUT2D eigenvalue weighted by Gasteiger charge is 2.14. The van der Waals surface area contributed by atoms with Crippen LogP contribution < -0.4 is 4.90 Å². The van der Waals surface area contributed by atoms with Crippen molar-refractivity contribution in [3.63, 3.8) is 0 Å². The quantitative estimate of drug-likeness (QED) is 0.621. The van der Waals surface area contributed by atoms with Crippen molar-refractivity contribution >= 4 is 28.6 Å². The fourth-order valence-corrected chi connectivity index (χ4v) is 2.44. The molecule has 1 N–H and O–H groups in total. The number of hydrogen-bond acceptors (Lipinski definition) is 3. The minimum absolute atomic E-state index is 0.235. The van der Waals surface area contributed by atoms with Crippen molar-refractivity contribution in [3.8, 4) is 0 Å². The first-order valence-electron chi connectivity index (χ1n) is 6.10. The second-order valence-electron chi connectivity index (χ2n) is 4.26. The summed E-state index contributed by atoms with van der Waals surface area (Å²) in [4.78, 5) is 13.2. The number of ether oxygens (including phenoxy) is 2. The van der Waals surface area contributed by atoms with Gasteiger partial charge in [-0.05, 0) is 40.8 Å². The molecule has 1 saturated heterocycles. The molecule has 0 amide bonds. The Morgan fingerprint density at radius 2 is 2.17 bits per heavy atom. The van der Waals surface area contributed by atoms with Crippen LogP contribution in [0.1, 0.15) is 10.4 Å². The molecule has 1 fully saturated rings. The highest BCUT2D eigenvalue weighted by molar-refractivity contribution is 14.1. The van der Waals surface area contributed by atoms with Gasteiger partial charge in [-0.25, -0.2) is 4.79 Å². The summed E-state index contributed by atoms with van der Waals surface area (Å²) in [7, 11) is 0. The molecule has 0 radical (unpaired) electrons. The van der Waals surface area contributed by atoms with Crippen LogP contribution in [0.4, 0.5) is 0 Å². The first-order valence-corrected chi connectivity index (χ1v) is 7.17. The molecule has 2 rings (SSSR count). The van der Waals surface area contributed by atoms with E-state index < -0.39 is 0 Å². The standard InChI is InChI=1S/C13H16INO3/c14-12-3-1-2-11(10-12)13(16)18-9-6-15-4-7-17-8-5-15/h1-3,10H,4-9H2/p+1. The molecule has 1 aromatic rings. The minimum atomic E-state index is -0.235. The molecule has 0 aliphatic carbocycles. The molecule has 5 heteroatoms. The Morgan fingerprint density at radius 1 is 1.39 bits per heavy atom. The topological polar surface area (TPSA) is 40.0 Å². The molecular weight excluding hydrogens is 345 g/mol. The molecule has 18 heavy (non-hydrogen) atoms. The summed E-state index contributed by atoms with van der Waals surface area (Å²) >= 11 is 2.19. The molecule has 0 atom stereocenters. The van der Waals surface area contributed by atoms with Crippen LogP contribution in [-0.4, -0.2) is 45.4 Å². The lowest BCUT2D eigenvalue weighted by Crippen LogP contribution is -3.14. The number of quaternary nitrogens is 1. The summed E-state index contributed by atoms with van der Waals surface area (Å²) in [5.41, 5.74) is 0.624. The number of halogens is 1. The van der Waals surface area contributed by atoms with Gasteiger partial charge in [0.25, 0.3) is 0 Å². The van der Waals surface area contributed by atoms with Crippen LogP contribution in [0, 0.1) is 3.57 Å². The predicted molar refractivity (Wildman–Crippen MR) is 75.8 cm³/mol. The van der Waals surface area contributed by atoms with E-state index in [2.05, 4.69) is 22.6 Å². The van der Waals surface area contributed by atoms with Crippen LogP contribution in [0.25, 0.3) is 0 Å². The molecule has 1 aliphatic heterocycles. The van der Waals surface area contributed by atoms with E-state index in [-0.39, 0.29) is 5.97 Å². The first kappa shape index (κ1) is 13.8. The zero-order chi connectivity index (χ0) is 12.8. The number of carbonyl (C=O) groups is 1. The van der Waals surface area contributed by atoms with Crippen molar-refractivity contribution in [1.82, 2.24) is 0 Å². The van der Waals surface area contributed by atoms with Crippen LogP contribution in [0.2, 0.25) is 0 Å². The zero-order valence-electron chi connectivity index (χ0n) is 10.2. The van der Waals surface area contributed by atoms with E-state index in [0.29, 0.717) is 12.2 Å². The predicted octanol–water partition coefficient (Wildman–Crippen LogP) is 0.363. The normalized spacial score (nSPS) is 16.5.